The van der Waals surface area contributed by atoms with Gasteiger partial charge < -0.3 is 10.1 Å². The summed E-state index contributed by atoms with van der Waals surface area (Å²) in [7, 11) is 0. The number of unbranched alkanes of at least 4 members (excludes halogenated alkanes) is 1. The maximum atomic E-state index is 12.8. The van der Waals surface area contributed by atoms with Crippen molar-refractivity contribution in [1.29, 1.82) is 0 Å². The number of nitrogens with zero attached hydrogens (tertiary/aromatic N) is 1. The van der Waals surface area contributed by atoms with Crippen molar-refractivity contribution in [3.8, 4) is 5.75 Å². The molecule has 0 saturated carbocycles. The predicted octanol–water partition coefficient (Wildman–Crippen LogP) is 2.88. The Hall–Kier alpha value is -3.22. The molecule has 0 fully saturated rings. The monoisotopic (exact) mass is 371 g/mol. The van der Waals surface area contributed by atoms with Crippen molar-refractivity contribution in [2.24, 2.45) is 5.10 Å². The van der Waals surface area contributed by atoms with Crippen LogP contribution >= 0.6 is 0 Å². The van der Waals surface area contributed by atoms with Crippen LogP contribution in [0.25, 0.3) is 0 Å². The van der Waals surface area contributed by atoms with Crippen molar-refractivity contribution >= 4 is 18.0 Å². The molecule has 0 radical (unpaired) electrons. The summed E-state index contributed by atoms with van der Waals surface area (Å²) in [5.74, 6) is -0.485. The molecule has 0 atom stereocenters. The Kier molecular flexibility index (Phi) is 7.96. The first-order chi connectivity index (χ1) is 13.1. The summed E-state index contributed by atoms with van der Waals surface area (Å²) in [5, 5.41) is 6.27. The molecule has 0 aromatic heterocycles. The standard InChI is InChI=1S/C20H22FN3O3/c1-2-3-12-27-18-10-6-16(7-11-18)20(26)22-14-19(25)24-23-13-15-4-8-17(21)9-5-15/h4-11,13H,2-3,12,14H2,1H3,(H,22,26)(H,24,25)/b23-13-. The lowest BCUT2D eigenvalue weighted by Gasteiger charge is -2.07. The molecule has 2 rings (SSSR count). The zero-order valence-electron chi connectivity index (χ0n) is 15.1. The molecule has 2 aromatic rings. The summed E-state index contributed by atoms with van der Waals surface area (Å²) < 4.78 is 18.3. The number of ether oxygens (including phenoxy) is 1. The van der Waals surface area contributed by atoms with Gasteiger partial charge in [0.25, 0.3) is 11.8 Å². The molecule has 0 aliphatic rings. The molecule has 6 nitrogen and oxygen atoms in total. The SMILES string of the molecule is CCCCOc1ccc(C(=O)NCC(=O)N/N=C\c2ccc(F)cc2)cc1. The number of halogens is 1. The lowest BCUT2D eigenvalue weighted by Crippen LogP contribution is -2.34. The van der Waals surface area contributed by atoms with E-state index < -0.39 is 5.91 Å². The fraction of sp³-hybridized carbons (Fsp3) is 0.250. The van der Waals surface area contributed by atoms with Crippen molar-refractivity contribution in [2.75, 3.05) is 13.2 Å². The zero-order valence-corrected chi connectivity index (χ0v) is 15.1. The highest BCUT2D eigenvalue weighted by Crippen LogP contribution is 2.12. The number of hydrogen-bond donors (Lipinski definition) is 2. The van der Waals surface area contributed by atoms with Gasteiger partial charge in [-0.2, -0.15) is 5.10 Å². The molecule has 0 unspecified atom stereocenters. The number of nitrogens with one attached hydrogen (secondary N) is 2. The Morgan fingerprint density at radius 3 is 2.48 bits per heavy atom. The fourth-order valence-electron chi connectivity index (χ4n) is 2.07. The third-order valence-corrected chi connectivity index (χ3v) is 3.57. The zero-order chi connectivity index (χ0) is 19.5. The summed E-state index contributed by atoms with van der Waals surface area (Å²) in [4.78, 5) is 23.7. The van der Waals surface area contributed by atoms with Crippen LogP contribution in [0.3, 0.4) is 0 Å². The van der Waals surface area contributed by atoms with Gasteiger partial charge in [0.2, 0.25) is 0 Å². The van der Waals surface area contributed by atoms with Crippen LogP contribution in [0.15, 0.2) is 53.6 Å². The van der Waals surface area contributed by atoms with Gasteiger partial charge in [-0.25, -0.2) is 9.82 Å². The summed E-state index contributed by atoms with van der Waals surface area (Å²) in [5.41, 5.74) is 3.36. The third-order valence-electron chi connectivity index (χ3n) is 3.57. The molecule has 2 amide bonds. The molecular weight excluding hydrogens is 349 g/mol. The van der Waals surface area contributed by atoms with Crippen LogP contribution in [0.4, 0.5) is 4.39 Å². The molecule has 2 aromatic carbocycles. The number of hydrazone groups is 1. The van der Waals surface area contributed by atoms with E-state index >= 15 is 0 Å². The summed E-state index contributed by atoms with van der Waals surface area (Å²) in [6.07, 6.45) is 3.41. The number of carbonyl (C=O) groups is 2. The second-order valence-corrected chi connectivity index (χ2v) is 5.75. The molecule has 142 valence electrons. The molecular formula is C20H22FN3O3. The van der Waals surface area contributed by atoms with E-state index in [1.807, 2.05) is 0 Å². The molecule has 0 saturated heterocycles. The Balaban J connectivity index is 1.74. The van der Waals surface area contributed by atoms with Gasteiger partial charge in [0, 0.05) is 5.56 Å². The van der Waals surface area contributed by atoms with Gasteiger partial charge in [0.05, 0.1) is 19.4 Å². The average molecular weight is 371 g/mol. The summed E-state index contributed by atoms with van der Waals surface area (Å²) in [6, 6.07) is 12.4. The number of carbonyl (C=O) groups excluding carboxylic acids is 2. The molecule has 2 N–H and O–H groups in total. The van der Waals surface area contributed by atoms with E-state index in [0.717, 1.165) is 12.8 Å². The highest BCUT2D eigenvalue weighted by Gasteiger charge is 2.07. The normalized spacial score (nSPS) is 10.6. The van der Waals surface area contributed by atoms with Gasteiger partial charge in [-0.3, -0.25) is 9.59 Å². The molecule has 0 spiro atoms. The molecule has 27 heavy (non-hydrogen) atoms. The lowest BCUT2D eigenvalue weighted by atomic mass is 10.2. The van der Waals surface area contributed by atoms with E-state index in [1.54, 1.807) is 24.3 Å². The fourth-order valence-corrected chi connectivity index (χ4v) is 2.07. The van der Waals surface area contributed by atoms with Crippen LogP contribution in [0, 0.1) is 5.82 Å². The van der Waals surface area contributed by atoms with Crippen LogP contribution in [0.2, 0.25) is 0 Å². The second kappa shape index (κ2) is 10.7. The third kappa shape index (κ3) is 7.27. The number of amides is 2. The van der Waals surface area contributed by atoms with Crippen molar-refractivity contribution in [3.05, 3.63) is 65.5 Å². The first-order valence-electron chi connectivity index (χ1n) is 8.67. The maximum absolute atomic E-state index is 12.8. The van der Waals surface area contributed by atoms with E-state index in [0.29, 0.717) is 23.5 Å². The Bertz CT molecular complexity index is 774. The van der Waals surface area contributed by atoms with Gasteiger partial charge in [0.1, 0.15) is 11.6 Å². The van der Waals surface area contributed by atoms with Crippen molar-refractivity contribution in [1.82, 2.24) is 10.7 Å². The van der Waals surface area contributed by atoms with E-state index in [-0.39, 0.29) is 18.3 Å². The minimum absolute atomic E-state index is 0.214. The first-order valence-corrected chi connectivity index (χ1v) is 8.67. The Labute approximate surface area is 157 Å². The number of hydrogen-bond acceptors (Lipinski definition) is 4. The highest BCUT2D eigenvalue weighted by atomic mass is 19.1. The maximum Gasteiger partial charge on any atom is 0.259 e. The highest BCUT2D eigenvalue weighted by molar-refractivity contribution is 5.96. The minimum atomic E-state index is -0.471. The smallest absolute Gasteiger partial charge is 0.259 e. The van der Waals surface area contributed by atoms with Crippen LogP contribution in [-0.4, -0.2) is 31.2 Å². The summed E-state index contributed by atoms with van der Waals surface area (Å²) in [6.45, 7) is 2.51. The van der Waals surface area contributed by atoms with Crippen LogP contribution in [0.1, 0.15) is 35.7 Å². The minimum Gasteiger partial charge on any atom is -0.494 e. The Morgan fingerprint density at radius 2 is 1.81 bits per heavy atom. The quantitative estimate of drug-likeness (QED) is 0.404. The van der Waals surface area contributed by atoms with Crippen molar-refractivity contribution in [2.45, 2.75) is 19.8 Å². The second-order valence-electron chi connectivity index (χ2n) is 5.75. The molecule has 0 bridgehead atoms. The lowest BCUT2D eigenvalue weighted by molar-refractivity contribution is -0.120. The average Bonchev–Trinajstić information content (AvgIpc) is 2.68. The van der Waals surface area contributed by atoms with Crippen LogP contribution < -0.4 is 15.5 Å². The molecule has 7 heteroatoms. The van der Waals surface area contributed by atoms with Crippen LogP contribution in [0.5, 0.6) is 5.75 Å². The summed E-state index contributed by atoms with van der Waals surface area (Å²) >= 11 is 0. The van der Waals surface area contributed by atoms with Crippen molar-refractivity contribution in [3.63, 3.8) is 0 Å². The van der Waals surface area contributed by atoms with E-state index in [4.69, 9.17) is 4.74 Å². The van der Waals surface area contributed by atoms with E-state index in [9.17, 15) is 14.0 Å². The topological polar surface area (TPSA) is 79.8 Å². The van der Waals surface area contributed by atoms with Gasteiger partial charge in [-0.15, -0.1) is 0 Å². The molecule has 0 aliphatic carbocycles. The number of rotatable bonds is 9. The van der Waals surface area contributed by atoms with Gasteiger partial charge >= 0.3 is 0 Å². The molecule has 0 aliphatic heterocycles. The van der Waals surface area contributed by atoms with Crippen LogP contribution in [-0.2, 0) is 4.79 Å². The first kappa shape index (κ1) is 20.1. The van der Waals surface area contributed by atoms with E-state index in [2.05, 4.69) is 22.8 Å². The van der Waals surface area contributed by atoms with Gasteiger partial charge in [0.15, 0.2) is 0 Å². The van der Waals surface area contributed by atoms with E-state index in [1.165, 1.54) is 30.5 Å². The van der Waals surface area contributed by atoms with Crippen molar-refractivity contribution < 1.29 is 18.7 Å². The van der Waals surface area contributed by atoms with Gasteiger partial charge in [-0.1, -0.05) is 25.5 Å². The predicted molar refractivity (Wildman–Crippen MR) is 101 cm³/mol. The Morgan fingerprint density at radius 1 is 1.11 bits per heavy atom. The van der Waals surface area contributed by atoms with Gasteiger partial charge in [-0.05, 0) is 48.4 Å². The largest absolute Gasteiger partial charge is 0.494 e. The molecule has 0 heterocycles. The number of benzene rings is 2.